The zero-order chi connectivity index (χ0) is 10.8. The maximum atomic E-state index is 6.85. The molecule has 0 saturated heterocycles. The largest absolute Gasteiger partial charge is 0.359 e. The van der Waals surface area contributed by atoms with Gasteiger partial charge < -0.3 is 4.85 Å². The van der Waals surface area contributed by atoms with E-state index in [4.69, 9.17) is 6.57 Å². The summed E-state index contributed by atoms with van der Waals surface area (Å²) in [6, 6.07) is 6.26. The summed E-state index contributed by atoms with van der Waals surface area (Å²) in [4.78, 5) is 7.26. The Morgan fingerprint density at radius 3 is 2.40 bits per heavy atom. The Hall–Kier alpha value is -2.08. The topological polar surface area (TPSA) is 22.2 Å². The molecular weight excluding hydrogens is 186 g/mol. The monoisotopic (exact) mass is 197 g/mol. The summed E-state index contributed by atoms with van der Waals surface area (Å²) in [5.74, 6) is 0.425. The highest BCUT2D eigenvalue weighted by Gasteiger charge is 2.02. The van der Waals surface area contributed by atoms with Gasteiger partial charge in [-0.1, -0.05) is 12.6 Å². The first-order chi connectivity index (χ1) is 7.19. The molecule has 3 nitrogen and oxygen atoms in total. The molecule has 3 heteroatoms. The third-order valence-corrected chi connectivity index (χ3v) is 2.19. The molecule has 0 amide bonds. The Bertz CT molecular complexity index is 512. The van der Waals surface area contributed by atoms with Crippen LogP contribution < -0.4 is 0 Å². The first-order valence-electron chi connectivity index (χ1n) is 4.69. The van der Waals surface area contributed by atoms with Crippen molar-refractivity contribution in [2.24, 2.45) is 0 Å². The Morgan fingerprint density at radius 2 is 1.87 bits per heavy atom. The van der Waals surface area contributed by atoms with Gasteiger partial charge in [0.1, 0.15) is 0 Å². The van der Waals surface area contributed by atoms with Gasteiger partial charge in [-0.05, 0) is 37.1 Å². The van der Waals surface area contributed by atoms with Crippen molar-refractivity contribution >= 4 is 5.82 Å². The Balaban J connectivity index is 2.50. The van der Waals surface area contributed by atoms with Crippen molar-refractivity contribution in [1.82, 2.24) is 9.55 Å². The van der Waals surface area contributed by atoms with Crippen molar-refractivity contribution in [3.63, 3.8) is 0 Å². The molecule has 0 aliphatic rings. The van der Waals surface area contributed by atoms with Crippen LogP contribution in [-0.4, -0.2) is 9.55 Å². The quantitative estimate of drug-likeness (QED) is 0.644. The van der Waals surface area contributed by atoms with Gasteiger partial charge in [-0.25, -0.2) is 0 Å². The molecule has 2 rings (SSSR count). The molecule has 74 valence electrons. The van der Waals surface area contributed by atoms with Crippen molar-refractivity contribution in [1.29, 1.82) is 0 Å². The minimum Gasteiger partial charge on any atom is -0.359 e. The number of imidazole rings is 1. The van der Waals surface area contributed by atoms with E-state index in [0.717, 1.165) is 5.69 Å². The van der Waals surface area contributed by atoms with Crippen LogP contribution in [0.4, 0.5) is 5.82 Å². The number of nitrogens with zero attached hydrogens (tertiary/aromatic N) is 3. The van der Waals surface area contributed by atoms with Crippen molar-refractivity contribution in [3.05, 3.63) is 53.3 Å². The van der Waals surface area contributed by atoms with E-state index in [1.807, 2.05) is 4.57 Å². The first-order valence-corrected chi connectivity index (χ1v) is 4.69. The van der Waals surface area contributed by atoms with E-state index in [2.05, 4.69) is 41.9 Å². The number of hydrogen-bond acceptors (Lipinski definition) is 1. The first kappa shape index (κ1) is 9.47. The van der Waals surface area contributed by atoms with Crippen LogP contribution in [0, 0.1) is 20.4 Å². The second-order valence-electron chi connectivity index (χ2n) is 3.60. The van der Waals surface area contributed by atoms with Crippen molar-refractivity contribution in [2.45, 2.75) is 13.8 Å². The van der Waals surface area contributed by atoms with E-state index in [9.17, 15) is 0 Å². The fraction of sp³-hybridized carbons (Fsp3) is 0.167. The third kappa shape index (κ3) is 1.89. The summed E-state index contributed by atoms with van der Waals surface area (Å²) in [7, 11) is 0. The molecule has 0 bridgehead atoms. The number of aromatic nitrogens is 2. The SMILES string of the molecule is [C-]#[N+]c1cn(-c2cc(C)cc(C)c2)cn1. The maximum Gasteiger partial charge on any atom is 0.287 e. The van der Waals surface area contributed by atoms with E-state index < -0.39 is 0 Å². The summed E-state index contributed by atoms with van der Waals surface area (Å²) < 4.78 is 1.87. The molecule has 0 unspecified atom stereocenters. The zero-order valence-electron chi connectivity index (χ0n) is 8.73. The molecular formula is C12H11N3. The molecule has 0 N–H and O–H groups in total. The summed E-state index contributed by atoms with van der Waals surface area (Å²) in [5.41, 5.74) is 3.47. The lowest BCUT2D eigenvalue weighted by Crippen LogP contribution is -1.91. The van der Waals surface area contributed by atoms with Crippen LogP contribution >= 0.6 is 0 Å². The van der Waals surface area contributed by atoms with Gasteiger partial charge >= 0.3 is 0 Å². The molecule has 2 aromatic rings. The zero-order valence-corrected chi connectivity index (χ0v) is 8.73. The van der Waals surface area contributed by atoms with E-state index >= 15 is 0 Å². The van der Waals surface area contributed by atoms with Crippen LogP contribution in [0.2, 0.25) is 0 Å². The van der Waals surface area contributed by atoms with Gasteiger partial charge in [-0.15, -0.1) is 4.98 Å². The standard InChI is InChI=1S/C12H11N3/c1-9-4-10(2)6-11(5-9)15-7-12(13-3)14-8-15/h4-8H,1-2H3. The van der Waals surface area contributed by atoms with E-state index in [1.54, 1.807) is 12.5 Å². The predicted molar refractivity (Wildman–Crippen MR) is 59.3 cm³/mol. The summed E-state index contributed by atoms with van der Waals surface area (Å²) in [6.07, 6.45) is 3.41. The Labute approximate surface area is 88.8 Å². The fourth-order valence-electron chi connectivity index (χ4n) is 1.61. The van der Waals surface area contributed by atoms with Crippen LogP contribution in [0.5, 0.6) is 0 Å². The summed E-state index contributed by atoms with van der Waals surface area (Å²) >= 11 is 0. The summed E-state index contributed by atoms with van der Waals surface area (Å²) in [6.45, 7) is 11.0. The molecule has 0 atom stereocenters. The van der Waals surface area contributed by atoms with Gasteiger partial charge in [-0.2, -0.15) is 0 Å². The molecule has 0 aliphatic heterocycles. The number of rotatable bonds is 1. The van der Waals surface area contributed by atoms with Gasteiger partial charge in [0.15, 0.2) is 6.33 Å². The van der Waals surface area contributed by atoms with Crippen LogP contribution in [0.15, 0.2) is 30.7 Å². The molecule has 0 radical (unpaired) electrons. The smallest absolute Gasteiger partial charge is 0.287 e. The lowest BCUT2D eigenvalue weighted by atomic mass is 10.1. The minimum atomic E-state index is 0.425. The van der Waals surface area contributed by atoms with Crippen molar-refractivity contribution in [3.8, 4) is 5.69 Å². The number of benzene rings is 1. The van der Waals surface area contributed by atoms with E-state index in [1.165, 1.54) is 11.1 Å². The predicted octanol–water partition coefficient (Wildman–Crippen LogP) is 3.04. The van der Waals surface area contributed by atoms with Gasteiger partial charge in [0, 0.05) is 11.9 Å². The molecule has 1 aromatic carbocycles. The van der Waals surface area contributed by atoms with Crippen LogP contribution in [0.25, 0.3) is 10.5 Å². The minimum absolute atomic E-state index is 0.425. The number of aryl methyl sites for hydroxylation is 2. The van der Waals surface area contributed by atoms with Gasteiger partial charge in [0.2, 0.25) is 0 Å². The summed E-state index contributed by atoms with van der Waals surface area (Å²) in [5, 5.41) is 0. The second-order valence-corrected chi connectivity index (χ2v) is 3.60. The van der Waals surface area contributed by atoms with Crippen molar-refractivity contribution < 1.29 is 0 Å². The Morgan fingerprint density at radius 1 is 1.20 bits per heavy atom. The van der Waals surface area contributed by atoms with Gasteiger partial charge in [0.25, 0.3) is 5.82 Å². The van der Waals surface area contributed by atoms with E-state index in [-0.39, 0.29) is 0 Å². The highest BCUT2D eigenvalue weighted by molar-refractivity contribution is 5.43. The molecule has 0 aliphatic carbocycles. The molecule has 0 fully saturated rings. The van der Waals surface area contributed by atoms with Crippen LogP contribution in [0.3, 0.4) is 0 Å². The molecule has 1 heterocycles. The van der Waals surface area contributed by atoms with Crippen molar-refractivity contribution in [2.75, 3.05) is 0 Å². The molecule has 0 spiro atoms. The van der Waals surface area contributed by atoms with Crippen LogP contribution in [0.1, 0.15) is 11.1 Å². The number of hydrogen-bond donors (Lipinski definition) is 0. The van der Waals surface area contributed by atoms with Gasteiger partial charge in [0.05, 0.1) is 0 Å². The maximum absolute atomic E-state index is 6.85. The molecule has 1 aromatic heterocycles. The highest BCUT2D eigenvalue weighted by Crippen LogP contribution is 2.16. The highest BCUT2D eigenvalue weighted by atomic mass is 15.1. The third-order valence-electron chi connectivity index (χ3n) is 2.19. The molecule has 15 heavy (non-hydrogen) atoms. The average molecular weight is 197 g/mol. The molecule has 0 saturated carbocycles. The second kappa shape index (κ2) is 3.58. The normalized spacial score (nSPS) is 9.93. The average Bonchev–Trinajstić information content (AvgIpc) is 2.64. The Kier molecular flexibility index (Phi) is 2.26. The van der Waals surface area contributed by atoms with Crippen LogP contribution in [-0.2, 0) is 0 Å². The van der Waals surface area contributed by atoms with E-state index in [0.29, 0.717) is 5.82 Å². The fourth-order valence-corrected chi connectivity index (χ4v) is 1.61. The lowest BCUT2D eigenvalue weighted by Gasteiger charge is -2.04. The lowest BCUT2D eigenvalue weighted by molar-refractivity contribution is 1.05. The van der Waals surface area contributed by atoms with Gasteiger partial charge in [-0.3, -0.25) is 4.57 Å².